The van der Waals surface area contributed by atoms with Crippen LogP contribution in [0.3, 0.4) is 0 Å². The standard InChI is InChI=1S/C22H37N2O3.3C4H9.Sn/c1-22(2,3)27-21(26)15-8-5-11-17-24(20(25)14-9-10-16-23)18-19-12-6-4-7-13-19;3*1-3-4-2;/h6-7,12-13,21,26H,5,8-11,14-18,23H2,1-3H3;3*1,3-4H2,2H3;. The van der Waals surface area contributed by atoms with Crippen LogP contribution in [0.4, 0.5) is 0 Å². The first-order valence-electron chi connectivity index (χ1n) is 16.5. The Morgan fingerprint density at radius 1 is 0.875 bits per heavy atom. The zero-order valence-corrected chi connectivity index (χ0v) is 30.0. The molecule has 0 aliphatic rings. The predicted octanol–water partition coefficient (Wildman–Crippen LogP) is 7.89. The number of carbonyl (C=O) groups is 1. The van der Waals surface area contributed by atoms with Crippen LogP contribution in [0, 0.1) is 0 Å². The maximum atomic E-state index is 13.2. The number of aliphatic hydroxyl groups excluding tert-OH is 1. The summed E-state index contributed by atoms with van der Waals surface area (Å²) in [4.78, 5) is 15.2. The van der Waals surface area contributed by atoms with Crippen molar-refractivity contribution in [1.82, 2.24) is 4.90 Å². The van der Waals surface area contributed by atoms with Gasteiger partial charge in [0.2, 0.25) is 0 Å². The molecule has 0 saturated carbocycles. The van der Waals surface area contributed by atoms with E-state index in [1.54, 1.807) is 3.58 Å². The summed E-state index contributed by atoms with van der Waals surface area (Å²) in [6, 6.07) is 9.57. The Morgan fingerprint density at radius 3 is 1.95 bits per heavy atom. The van der Waals surface area contributed by atoms with Gasteiger partial charge in [0.25, 0.3) is 0 Å². The van der Waals surface area contributed by atoms with Crippen LogP contribution in [-0.4, -0.2) is 59.3 Å². The molecule has 0 saturated heterocycles. The van der Waals surface area contributed by atoms with Crippen molar-refractivity contribution >= 4 is 27.9 Å². The third kappa shape index (κ3) is 15.6. The number of hydrogen-bond donors (Lipinski definition) is 2. The van der Waals surface area contributed by atoms with E-state index < -0.39 is 24.7 Å². The molecule has 0 spiro atoms. The van der Waals surface area contributed by atoms with Crippen molar-refractivity contribution in [2.75, 3.05) is 13.1 Å². The minimum atomic E-state index is -2.44. The number of amides is 1. The quantitative estimate of drug-likeness (QED) is 0.0708. The Hall–Kier alpha value is -0.631. The number of rotatable bonds is 23. The molecule has 0 aliphatic heterocycles. The van der Waals surface area contributed by atoms with Crippen LogP contribution in [0.1, 0.15) is 131 Å². The molecular formula is C34H64N2O3Sn. The predicted molar refractivity (Wildman–Crippen MR) is 175 cm³/mol. The first-order chi connectivity index (χ1) is 19.1. The number of hydrogen-bond acceptors (Lipinski definition) is 4. The summed E-state index contributed by atoms with van der Waals surface area (Å²) in [5.74, 6) is 0.232. The van der Waals surface area contributed by atoms with Gasteiger partial charge >= 0.3 is 217 Å². The van der Waals surface area contributed by atoms with Crippen molar-refractivity contribution in [1.29, 1.82) is 0 Å². The van der Waals surface area contributed by atoms with Crippen LogP contribution >= 0.6 is 0 Å². The van der Waals surface area contributed by atoms with Gasteiger partial charge in [0.05, 0.1) is 5.60 Å². The molecular weight excluding hydrogens is 603 g/mol. The van der Waals surface area contributed by atoms with Gasteiger partial charge in [-0.05, 0) is 20.8 Å². The summed E-state index contributed by atoms with van der Waals surface area (Å²) in [5.41, 5.74) is 6.58. The molecule has 1 unspecified atom stereocenters. The molecule has 0 heterocycles. The average Bonchev–Trinajstić information content (AvgIpc) is 2.91. The zero-order chi connectivity index (χ0) is 29.9. The summed E-state index contributed by atoms with van der Waals surface area (Å²) in [6.07, 6.45) is 13.0. The Morgan fingerprint density at radius 2 is 1.45 bits per heavy atom. The van der Waals surface area contributed by atoms with Crippen molar-refractivity contribution in [3.63, 3.8) is 0 Å². The Labute approximate surface area is 251 Å². The van der Waals surface area contributed by atoms with Gasteiger partial charge in [-0.2, -0.15) is 0 Å². The second kappa shape index (κ2) is 21.1. The Kier molecular flexibility index (Phi) is 19.7. The van der Waals surface area contributed by atoms with E-state index in [4.69, 9.17) is 10.5 Å². The normalized spacial score (nSPS) is 13.0. The van der Waals surface area contributed by atoms with Gasteiger partial charge in [0, 0.05) is 0 Å². The zero-order valence-electron chi connectivity index (χ0n) is 27.1. The third-order valence-electron chi connectivity index (χ3n) is 8.03. The van der Waals surface area contributed by atoms with E-state index in [1.807, 2.05) is 20.8 Å². The van der Waals surface area contributed by atoms with Gasteiger partial charge in [0.15, 0.2) is 0 Å². The van der Waals surface area contributed by atoms with Gasteiger partial charge in [0.1, 0.15) is 0 Å². The second-order valence-electron chi connectivity index (χ2n) is 12.9. The summed E-state index contributed by atoms with van der Waals surface area (Å²) in [6.45, 7) is 15.0. The van der Waals surface area contributed by atoms with Crippen LogP contribution in [0.5, 0.6) is 0 Å². The number of aliphatic hydroxyl groups is 1. The van der Waals surface area contributed by atoms with E-state index in [2.05, 4.69) is 49.9 Å². The van der Waals surface area contributed by atoms with Gasteiger partial charge in [-0.15, -0.1) is 0 Å². The summed E-state index contributed by atoms with van der Waals surface area (Å²) in [7, 11) is 0. The number of benzene rings is 1. The van der Waals surface area contributed by atoms with Gasteiger partial charge in [-0.25, -0.2) is 0 Å². The number of nitrogens with zero attached hydrogens (tertiary/aromatic N) is 1. The monoisotopic (exact) mass is 668 g/mol. The first-order valence-corrected chi connectivity index (χ1v) is 24.0. The summed E-state index contributed by atoms with van der Waals surface area (Å²) in [5, 5.41) is 10.1. The van der Waals surface area contributed by atoms with E-state index in [-0.39, 0.29) is 11.5 Å². The molecule has 0 fully saturated rings. The molecule has 3 N–H and O–H groups in total. The van der Waals surface area contributed by atoms with Crippen molar-refractivity contribution in [3.8, 4) is 0 Å². The first kappa shape index (κ1) is 37.4. The topological polar surface area (TPSA) is 75.8 Å². The minimum absolute atomic E-state index is 0.232. The molecule has 1 aromatic carbocycles. The Bertz CT molecular complexity index is 757. The van der Waals surface area contributed by atoms with E-state index >= 15 is 0 Å². The molecule has 1 aromatic rings. The van der Waals surface area contributed by atoms with Crippen LogP contribution in [-0.2, 0) is 16.1 Å². The van der Waals surface area contributed by atoms with E-state index in [0.717, 1.165) is 38.6 Å². The number of carbonyl (C=O) groups excluding carboxylic acids is 1. The van der Waals surface area contributed by atoms with Gasteiger partial charge in [-0.3, -0.25) is 0 Å². The van der Waals surface area contributed by atoms with Gasteiger partial charge in [-0.1, -0.05) is 0 Å². The molecule has 232 valence electrons. The molecule has 6 heteroatoms. The van der Waals surface area contributed by atoms with Crippen molar-refractivity contribution in [3.05, 3.63) is 29.8 Å². The van der Waals surface area contributed by atoms with Crippen molar-refractivity contribution in [2.24, 2.45) is 5.73 Å². The SMILES string of the molecule is CCC[CH2][Sn]([CH2]CCC)([CH2]CCC)[c]1ccc(CN(CCCCCC(O)OC(C)(C)C)C(=O)CCCCN)cc1. The number of unbranched alkanes of at least 4 members (excludes halogenated alkanes) is 6. The van der Waals surface area contributed by atoms with Crippen LogP contribution in [0.15, 0.2) is 24.3 Å². The van der Waals surface area contributed by atoms with Crippen molar-refractivity contribution in [2.45, 2.75) is 157 Å². The van der Waals surface area contributed by atoms with Gasteiger partial charge < -0.3 is 9.84 Å². The second-order valence-corrected chi connectivity index (χ2v) is 26.1. The van der Waals surface area contributed by atoms with E-state index in [9.17, 15) is 9.90 Å². The molecule has 0 aliphatic carbocycles. The van der Waals surface area contributed by atoms with Crippen molar-refractivity contribution < 1.29 is 14.6 Å². The third-order valence-corrected chi connectivity index (χ3v) is 23.7. The van der Waals surface area contributed by atoms with E-state index in [0.29, 0.717) is 25.9 Å². The van der Waals surface area contributed by atoms with E-state index in [1.165, 1.54) is 57.4 Å². The molecule has 0 bridgehead atoms. The maximum absolute atomic E-state index is 13.2. The fourth-order valence-electron chi connectivity index (χ4n) is 5.67. The molecule has 1 atom stereocenters. The molecule has 1 rings (SSSR count). The van der Waals surface area contributed by atoms with Crippen LogP contribution in [0.2, 0.25) is 13.3 Å². The fourth-order valence-corrected chi connectivity index (χ4v) is 21.6. The van der Waals surface area contributed by atoms with Crippen LogP contribution in [0.25, 0.3) is 0 Å². The van der Waals surface area contributed by atoms with Crippen LogP contribution < -0.4 is 9.31 Å². The summed E-state index contributed by atoms with van der Waals surface area (Å²) >= 11 is -2.44. The molecule has 0 radical (unpaired) electrons. The fraction of sp³-hybridized carbons (Fsp3) is 0.794. The molecule has 40 heavy (non-hydrogen) atoms. The molecule has 0 aromatic heterocycles. The average molecular weight is 668 g/mol. The summed E-state index contributed by atoms with van der Waals surface area (Å²) < 4.78 is 11.8. The molecule has 5 nitrogen and oxygen atoms in total. The Balaban J connectivity index is 2.91. The molecule has 1 amide bonds. The number of ether oxygens (including phenoxy) is 1. The number of nitrogens with two attached hydrogens (primary N) is 1.